The number of hydrazine groups is 1. The third kappa shape index (κ3) is 4.49. The molecule has 4 aromatic rings. The summed E-state index contributed by atoms with van der Waals surface area (Å²) < 4.78 is 6.63. The third-order valence-corrected chi connectivity index (χ3v) is 4.91. The predicted octanol–water partition coefficient (Wildman–Crippen LogP) is 4.12. The van der Waals surface area contributed by atoms with Gasteiger partial charge < -0.3 is 9.72 Å². The van der Waals surface area contributed by atoms with Gasteiger partial charge in [0.2, 0.25) is 11.8 Å². The molecule has 0 unspecified atom stereocenters. The first kappa shape index (κ1) is 19.7. The highest BCUT2D eigenvalue weighted by molar-refractivity contribution is 9.10. The van der Waals surface area contributed by atoms with Crippen LogP contribution in [-0.4, -0.2) is 21.8 Å². The molecular formula is C22H17BrN4O3. The van der Waals surface area contributed by atoms with Crippen LogP contribution in [0.5, 0.6) is 11.6 Å². The van der Waals surface area contributed by atoms with Crippen LogP contribution in [0.25, 0.3) is 10.9 Å². The lowest BCUT2D eigenvalue weighted by atomic mass is 10.1. The molecule has 2 amide bonds. The fraction of sp³-hybridized carbons (Fsp3) is 0.0455. The van der Waals surface area contributed by atoms with E-state index in [9.17, 15) is 9.59 Å². The molecule has 2 heterocycles. The smallest absolute Gasteiger partial charge is 0.275 e. The second kappa shape index (κ2) is 8.79. The average Bonchev–Trinajstić information content (AvgIpc) is 3.17. The van der Waals surface area contributed by atoms with Crippen molar-refractivity contribution < 1.29 is 14.3 Å². The molecule has 7 nitrogen and oxygen atoms in total. The van der Waals surface area contributed by atoms with Crippen LogP contribution in [0.3, 0.4) is 0 Å². The number of rotatable bonds is 5. The van der Waals surface area contributed by atoms with Gasteiger partial charge in [0.05, 0.1) is 6.42 Å². The van der Waals surface area contributed by atoms with E-state index in [1.54, 1.807) is 30.5 Å². The average molecular weight is 465 g/mol. The van der Waals surface area contributed by atoms with Gasteiger partial charge in [0.1, 0.15) is 11.3 Å². The van der Waals surface area contributed by atoms with Crippen molar-refractivity contribution in [3.8, 4) is 11.6 Å². The summed E-state index contributed by atoms with van der Waals surface area (Å²) in [6, 6.07) is 18.1. The highest BCUT2D eigenvalue weighted by atomic mass is 79.9. The van der Waals surface area contributed by atoms with E-state index in [1.165, 1.54) is 6.20 Å². The molecule has 30 heavy (non-hydrogen) atoms. The molecule has 0 aliphatic rings. The van der Waals surface area contributed by atoms with E-state index < -0.39 is 5.91 Å². The van der Waals surface area contributed by atoms with E-state index >= 15 is 0 Å². The number of aromatic nitrogens is 2. The maximum atomic E-state index is 12.6. The normalized spacial score (nSPS) is 10.6. The summed E-state index contributed by atoms with van der Waals surface area (Å²) in [5, 5.41) is 0.969. The number of nitrogens with one attached hydrogen (secondary N) is 3. The highest BCUT2D eigenvalue weighted by Gasteiger charge is 2.16. The predicted molar refractivity (Wildman–Crippen MR) is 116 cm³/mol. The maximum absolute atomic E-state index is 12.6. The first-order valence-electron chi connectivity index (χ1n) is 9.13. The number of fused-ring (bicyclic) bond motifs is 1. The summed E-state index contributed by atoms with van der Waals surface area (Å²) in [6.45, 7) is 0. The zero-order chi connectivity index (χ0) is 20.9. The van der Waals surface area contributed by atoms with Crippen molar-refractivity contribution in [2.45, 2.75) is 6.42 Å². The number of hydrogen-bond donors (Lipinski definition) is 3. The molecule has 0 aliphatic heterocycles. The van der Waals surface area contributed by atoms with Crippen molar-refractivity contribution in [3.05, 3.63) is 88.7 Å². The lowest BCUT2D eigenvalue weighted by Crippen LogP contribution is -2.42. The summed E-state index contributed by atoms with van der Waals surface area (Å²) in [5.41, 5.74) is 6.86. The van der Waals surface area contributed by atoms with Crippen LogP contribution in [-0.2, 0) is 11.2 Å². The summed E-state index contributed by atoms with van der Waals surface area (Å²) in [6.07, 6.45) is 3.44. The molecule has 0 bridgehead atoms. The monoisotopic (exact) mass is 464 g/mol. The van der Waals surface area contributed by atoms with E-state index in [4.69, 9.17) is 4.74 Å². The lowest BCUT2D eigenvalue weighted by Gasteiger charge is -2.11. The molecule has 0 saturated heterocycles. The van der Waals surface area contributed by atoms with Crippen molar-refractivity contribution in [2.75, 3.05) is 0 Å². The zero-order valence-corrected chi connectivity index (χ0v) is 17.3. The molecule has 3 N–H and O–H groups in total. The Hall–Kier alpha value is -3.65. The van der Waals surface area contributed by atoms with Gasteiger partial charge in [-0.2, -0.15) is 0 Å². The van der Waals surface area contributed by atoms with Gasteiger partial charge in [-0.1, -0.05) is 34.1 Å². The minimum Gasteiger partial charge on any atom is -0.438 e. The molecule has 8 heteroatoms. The van der Waals surface area contributed by atoms with Gasteiger partial charge in [-0.3, -0.25) is 20.4 Å². The Morgan fingerprint density at radius 3 is 2.63 bits per heavy atom. The number of pyridine rings is 1. The number of carbonyl (C=O) groups is 2. The molecule has 2 aromatic heterocycles. The number of aromatic amines is 1. The van der Waals surface area contributed by atoms with Crippen LogP contribution in [0, 0.1) is 0 Å². The molecule has 0 saturated carbocycles. The first-order chi connectivity index (χ1) is 14.6. The highest BCUT2D eigenvalue weighted by Crippen LogP contribution is 2.24. The van der Waals surface area contributed by atoms with Crippen LogP contribution in [0.2, 0.25) is 0 Å². The van der Waals surface area contributed by atoms with Crippen LogP contribution in [0.4, 0.5) is 0 Å². The topological polar surface area (TPSA) is 96.1 Å². The van der Waals surface area contributed by atoms with Crippen molar-refractivity contribution in [3.63, 3.8) is 0 Å². The van der Waals surface area contributed by atoms with Crippen LogP contribution in [0.15, 0.2) is 77.5 Å². The Labute approximate surface area is 180 Å². The second-order valence-corrected chi connectivity index (χ2v) is 7.37. The van der Waals surface area contributed by atoms with Gasteiger partial charge in [-0.05, 0) is 48.0 Å². The number of para-hydroxylation sites is 1. The largest absolute Gasteiger partial charge is 0.438 e. The molecule has 0 fully saturated rings. The van der Waals surface area contributed by atoms with Crippen LogP contribution < -0.4 is 15.6 Å². The number of halogens is 1. The molecular weight excluding hydrogens is 448 g/mol. The molecule has 2 aromatic carbocycles. The summed E-state index contributed by atoms with van der Waals surface area (Å²) in [5.74, 6) is -0.188. The first-order valence-corrected chi connectivity index (χ1v) is 9.92. The Morgan fingerprint density at radius 2 is 1.80 bits per heavy atom. The Balaban J connectivity index is 1.40. The minimum absolute atomic E-state index is 0.125. The molecule has 150 valence electrons. The molecule has 0 radical (unpaired) electrons. The molecule has 0 atom stereocenters. The number of benzene rings is 2. The lowest BCUT2D eigenvalue weighted by molar-refractivity contribution is -0.121. The fourth-order valence-electron chi connectivity index (χ4n) is 2.95. The zero-order valence-electron chi connectivity index (χ0n) is 15.7. The van der Waals surface area contributed by atoms with Crippen molar-refractivity contribution in [2.24, 2.45) is 0 Å². The van der Waals surface area contributed by atoms with E-state index in [0.717, 1.165) is 20.9 Å². The van der Waals surface area contributed by atoms with Gasteiger partial charge in [-0.25, -0.2) is 4.98 Å². The Kier molecular flexibility index (Phi) is 5.76. The molecule has 0 aliphatic carbocycles. The SMILES string of the molecule is O=C(Cc1c[nH]c2ccccc12)NNC(=O)c1cccnc1Oc1ccc(Br)cc1. The van der Waals surface area contributed by atoms with E-state index in [2.05, 4.69) is 36.7 Å². The van der Waals surface area contributed by atoms with Gasteiger partial charge in [0.15, 0.2) is 0 Å². The Morgan fingerprint density at radius 1 is 1.00 bits per heavy atom. The second-order valence-electron chi connectivity index (χ2n) is 6.45. The summed E-state index contributed by atoms with van der Waals surface area (Å²) >= 11 is 3.36. The van der Waals surface area contributed by atoms with Gasteiger partial charge in [-0.15, -0.1) is 0 Å². The molecule has 4 rings (SSSR count). The Bertz CT molecular complexity index is 1200. The number of H-pyrrole nitrogens is 1. The van der Waals surface area contributed by atoms with E-state index in [0.29, 0.717) is 5.75 Å². The number of nitrogens with zero attached hydrogens (tertiary/aromatic N) is 1. The van der Waals surface area contributed by atoms with Crippen molar-refractivity contribution >= 4 is 38.6 Å². The summed E-state index contributed by atoms with van der Waals surface area (Å²) in [4.78, 5) is 32.1. The number of carbonyl (C=O) groups excluding carboxylic acids is 2. The van der Waals surface area contributed by atoms with E-state index in [-0.39, 0.29) is 23.8 Å². The van der Waals surface area contributed by atoms with Gasteiger partial charge in [0.25, 0.3) is 5.91 Å². The van der Waals surface area contributed by atoms with Crippen molar-refractivity contribution in [1.82, 2.24) is 20.8 Å². The van der Waals surface area contributed by atoms with E-state index in [1.807, 2.05) is 36.4 Å². The maximum Gasteiger partial charge on any atom is 0.275 e. The fourth-order valence-corrected chi connectivity index (χ4v) is 3.21. The minimum atomic E-state index is -0.525. The van der Waals surface area contributed by atoms with Crippen LogP contribution in [0.1, 0.15) is 15.9 Å². The summed E-state index contributed by atoms with van der Waals surface area (Å²) in [7, 11) is 0. The third-order valence-electron chi connectivity index (χ3n) is 4.39. The molecule has 0 spiro atoms. The number of amides is 2. The quantitative estimate of drug-likeness (QED) is 0.387. The van der Waals surface area contributed by atoms with Gasteiger partial charge >= 0.3 is 0 Å². The van der Waals surface area contributed by atoms with Crippen LogP contribution >= 0.6 is 15.9 Å². The number of ether oxygens (including phenoxy) is 1. The number of hydrogen-bond acceptors (Lipinski definition) is 4. The van der Waals surface area contributed by atoms with Gasteiger partial charge in [0, 0.05) is 27.8 Å². The standard InChI is InChI=1S/C22H17BrN4O3/c23-15-7-9-16(10-8-15)30-22-18(5-3-11-24-22)21(29)27-26-20(28)12-14-13-25-19-6-2-1-4-17(14)19/h1-11,13,25H,12H2,(H,26,28)(H,27,29). The van der Waals surface area contributed by atoms with Crippen molar-refractivity contribution in [1.29, 1.82) is 0 Å².